The van der Waals surface area contributed by atoms with Crippen LogP contribution in [0.2, 0.25) is 0 Å². The average molecular weight is 133 g/mol. The summed E-state index contributed by atoms with van der Waals surface area (Å²) in [5, 5.41) is 0. The molecule has 4 heteroatoms. The first-order chi connectivity index (χ1) is 4.43. The first-order valence-electron chi connectivity index (χ1n) is 3.02. The highest BCUT2D eigenvalue weighted by atomic mass is 16.9. The summed E-state index contributed by atoms with van der Waals surface area (Å²) in [6, 6.07) is 0. The predicted octanol–water partition coefficient (Wildman–Crippen LogP) is -0.0127. The van der Waals surface area contributed by atoms with Gasteiger partial charge in [-0.05, 0) is 12.8 Å². The second-order valence-electron chi connectivity index (χ2n) is 1.87. The molecule has 54 valence electrons. The van der Waals surface area contributed by atoms with Crippen LogP contribution in [0.3, 0.4) is 0 Å². The van der Waals surface area contributed by atoms with E-state index in [-0.39, 0.29) is 0 Å². The lowest BCUT2D eigenvalue weighted by atomic mass is 10.3. The molecule has 4 nitrogen and oxygen atoms in total. The zero-order valence-corrected chi connectivity index (χ0v) is 5.21. The molecular formula is C5H11NO3. The largest absolute Gasteiger partial charge is 0.329 e. The average Bonchev–Trinajstić information content (AvgIpc) is 2.13. The minimum atomic E-state index is -0.646. The molecule has 0 saturated carbocycles. The van der Waals surface area contributed by atoms with E-state index in [4.69, 9.17) is 15.4 Å². The molecule has 0 atom stereocenters. The molecule has 1 saturated heterocycles. The summed E-state index contributed by atoms with van der Waals surface area (Å²) in [6.45, 7) is 0.691. The third kappa shape index (κ3) is 2.28. The molecule has 0 unspecified atom stereocenters. The van der Waals surface area contributed by atoms with E-state index in [9.17, 15) is 0 Å². The maximum atomic E-state index is 4.98. The summed E-state index contributed by atoms with van der Waals surface area (Å²) >= 11 is 0. The molecule has 1 fully saturated rings. The van der Waals surface area contributed by atoms with Crippen molar-refractivity contribution in [1.29, 1.82) is 0 Å². The Kier molecular flexibility index (Phi) is 2.93. The molecule has 2 N–H and O–H groups in total. The van der Waals surface area contributed by atoms with Gasteiger partial charge in [-0.25, -0.2) is 10.7 Å². The van der Waals surface area contributed by atoms with Crippen molar-refractivity contribution in [2.75, 3.05) is 13.2 Å². The molecule has 0 radical (unpaired) electrons. The molecule has 1 rings (SSSR count). The number of hydrogen-bond donors (Lipinski definition) is 1. The maximum absolute atomic E-state index is 4.98. The highest BCUT2D eigenvalue weighted by Gasteiger charge is 2.10. The minimum absolute atomic E-state index is 0.646. The van der Waals surface area contributed by atoms with Crippen LogP contribution in [0.25, 0.3) is 0 Å². The smallest absolute Gasteiger partial charge is 0.287 e. The molecule has 0 aromatic heterocycles. The van der Waals surface area contributed by atoms with Crippen LogP contribution in [0.5, 0.6) is 0 Å². The minimum Gasteiger partial charge on any atom is -0.329 e. The van der Waals surface area contributed by atoms with Gasteiger partial charge in [-0.1, -0.05) is 0 Å². The predicted molar refractivity (Wildman–Crippen MR) is 30.2 cm³/mol. The lowest BCUT2D eigenvalue weighted by molar-refractivity contribution is -0.281. The van der Waals surface area contributed by atoms with Gasteiger partial charge < -0.3 is 9.47 Å². The van der Waals surface area contributed by atoms with Gasteiger partial charge in [0.05, 0.1) is 13.2 Å². The molecule has 0 spiro atoms. The number of nitrogens with two attached hydrogens (primary N) is 1. The van der Waals surface area contributed by atoms with E-state index in [0.29, 0.717) is 13.2 Å². The first kappa shape index (κ1) is 6.95. The van der Waals surface area contributed by atoms with Gasteiger partial charge in [0.2, 0.25) is 0 Å². The van der Waals surface area contributed by atoms with Gasteiger partial charge in [-0.15, -0.1) is 0 Å². The Balaban J connectivity index is 2.18. The molecule has 1 aliphatic heterocycles. The van der Waals surface area contributed by atoms with Gasteiger partial charge in [0.1, 0.15) is 0 Å². The Labute approximate surface area is 53.8 Å². The van der Waals surface area contributed by atoms with Crippen molar-refractivity contribution in [3.05, 3.63) is 0 Å². The van der Waals surface area contributed by atoms with E-state index in [1.165, 1.54) is 0 Å². The summed E-state index contributed by atoms with van der Waals surface area (Å²) in [5.74, 6) is 4.82. The number of hydrogen-bond acceptors (Lipinski definition) is 4. The van der Waals surface area contributed by atoms with Crippen LogP contribution in [-0.2, 0) is 14.3 Å². The van der Waals surface area contributed by atoms with Crippen molar-refractivity contribution in [3.8, 4) is 0 Å². The van der Waals surface area contributed by atoms with Gasteiger partial charge in [0, 0.05) is 0 Å². The summed E-state index contributed by atoms with van der Waals surface area (Å²) in [5.41, 5.74) is 0. The molecular weight excluding hydrogens is 122 g/mol. The fourth-order valence-corrected chi connectivity index (χ4v) is 0.690. The quantitative estimate of drug-likeness (QED) is 0.511. The topological polar surface area (TPSA) is 53.7 Å². The summed E-state index contributed by atoms with van der Waals surface area (Å²) in [6.07, 6.45) is 2.03. The Morgan fingerprint density at radius 3 is 2.22 bits per heavy atom. The van der Waals surface area contributed by atoms with Crippen molar-refractivity contribution in [1.82, 2.24) is 0 Å². The van der Waals surface area contributed by atoms with E-state index in [2.05, 4.69) is 4.84 Å². The van der Waals surface area contributed by atoms with Crippen LogP contribution in [0, 0.1) is 0 Å². The third-order valence-corrected chi connectivity index (χ3v) is 1.16. The van der Waals surface area contributed by atoms with Crippen LogP contribution >= 0.6 is 0 Å². The molecule has 1 aliphatic rings. The zero-order valence-electron chi connectivity index (χ0n) is 5.21. The van der Waals surface area contributed by atoms with E-state index < -0.39 is 6.48 Å². The second-order valence-corrected chi connectivity index (χ2v) is 1.87. The van der Waals surface area contributed by atoms with Crippen LogP contribution in [0.1, 0.15) is 12.8 Å². The van der Waals surface area contributed by atoms with E-state index in [1.54, 1.807) is 0 Å². The Morgan fingerprint density at radius 1 is 1.22 bits per heavy atom. The van der Waals surface area contributed by atoms with Gasteiger partial charge in [-0.2, -0.15) is 0 Å². The molecule has 0 aromatic rings. The van der Waals surface area contributed by atoms with Crippen molar-refractivity contribution < 1.29 is 14.3 Å². The standard InChI is InChI=1S/C5H11NO3/c6-9-5-7-3-1-2-4-8-5/h5H,1-4,6H2. The van der Waals surface area contributed by atoms with Gasteiger partial charge in [0.25, 0.3) is 6.48 Å². The lowest BCUT2D eigenvalue weighted by Gasteiger charge is -2.10. The van der Waals surface area contributed by atoms with Crippen molar-refractivity contribution in [2.45, 2.75) is 19.3 Å². The highest BCUT2D eigenvalue weighted by molar-refractivity contribution is 4.41. The molecule has 0 aromatic carbocycles. The Bertz CT molecular complexity index is 70.6. The second kappa shape index (κ2) is 3.79. The normalized spacial score (nSPS) is 23.7. The van der Waals surface area contributed by atoms with E-state index >= 15 is 0 Å². The summed E-state index contributed by atoms with van der Waals surface area (Å²) in [7, 11) is 0. The van der Waals surface area contributed by atoms with Crippen molar-refractivity contribution in [2.24, 2.45) is 5.90 Å². The molecule has 0 bridgehead atoms. The van der Waals surface area contributed by atoms with Gasteiger partial charge in [-0.3, -0.25) is 0 Å². The first-order valence-corrected chi connectivity index (χ1v) is 3.02. The number of ether oxygens (including phenoxy) is 2. The number of rotatable bonds is 1. The molecule has 9 heavy (non-hydrogen) atoms. The van der Waals surface area contributed by atoms with Crippen LogP contribution in [0.15, 0.2) is 0 Å². The van der Waals surface area contributed by atoms with Crippen molar-refractivity contribution >= 4 is 0 Å². The zero-order chi connectivity index (χ0) is 6.53. The van der Waals surface area contributed by atoms with Crippen molar-refractivity contribution in [3.63, 3.8) is 0 Å². The SMILES string of the molecule is NOC1OCCCCO1. The Hall–Kier alpha value is -0.160. The molecule has 0 aliphatic carbocycles. The fourth-order valence-electron chi connectivity index (χ4n) is 0.690. The van der Waals surface area contributed by atoms with Crippen LogP contribution in [-0.4, -0.2) is 19.7 Å². The van der Waals surface area contributed by atoms with Gasteiger partial charge >= 0.3 is 0 Å². The van der Waals surface area contributed by atoms with Gasteiger partial charge in [0.15, 0.2) is 0 Å². The fraction of sp³-hybridized carbons (Fsp3) is 1.00. The molecule has 0 amide bonds. The summed E-state index contributed by atoms with van der Waals surface area (Å²) in [4.78, 5) is 4.33. The third-order valence-electron chi connectivity index (χ3n) is 1.16. The lowest BCUT2D eigenvalue weighted by Crippen LogP contribution is -2.22. The van der Waals surface area contributed by atoms with E-state index in [0.717, 1.165) is 12.8 Å². The maximum Gasteiger partial charge on any atom is 0.287 e. The molecule has 1 heterocycles. The highest BCUT2D eigenvalue weighted by Crippen LogP contribution is 2.04. The Morgan fingerprint density at radius 2 is 1.78 bits per heavy atom. The summed E-state index contributed by atoms with van der Waals surface area (Å²) < 4.78 is 9.97. The van der Waals surface area contributed by atoms with Crippen LogP contribution in [0.4, 0.5) is 0 Å². The monoisotopic (exact) mass is 133 g/mol. The van der Waals surface area contributed by atoms with E-state index in [1.807, 2.05) is 0 Å². The van der Waals surface area contributed by atoms with Crippen LogP contribution < -0.4 is 5.90 Å².